The second-order valence-electron chi connectivity index (χ2n) is 10.5. The molecular formula is C28H38N4O5S. The van der Waals surface area contributed by atoms with Gasteiger partial charge in [-0.1, -0.05) is 56.1 Å². The third kappa shape index (κ3) is 10.3. The van der Waals surface area contributed by atoms with Crippen LogP contribution in [0.15, 0.2) is 59.5 Å². The fourth-order valence-corrected chi connectivity index (χ4v) is 4.71. The zero-order chi connectivity index (χ0) is 27.4. The van der Waals surface area contributed by atoms with Crippen LogP contribution >= 0.6 is 12.0 Å². The van der Waals surface area contributed by atoms with E-state index < -0.39 is 0 Å². The van der Waals surface area contributed by atoms with E-state index in [2.05, 4.69) is 29.3 Å². The monoisotopic (exact) mass is 542 g/mol. The van der Waals surface area contributed by atoms with Gasteiger partial charge in [0.2, 0.25) is 0 Å². The number of nitrogens with zero attached hydrogens (tertiary/aromatic N) is 3. The Hall–Kier alpha value is -2.49. The van der Waals surface area contributed by atoms with Crippen molar-refractivity contribution < 1.29 is 24.2 Å². The number of nitrogens with one attached hydrogen (secondary N) is 1. The summed E-state index contributed by atoms with van der Waals surface area (Å²) in [5, 5.41) is 14.6. The molecule has 2 bridgehead atoms. The topological polar surface area (TPSA) is 87.9 Å². The van der Waals surface area contributed by atoms with Gasteiger partial charge in [0.15, 0.2) is 11.5 Å². The highest BCUT2D eigenvalue weighted by Crippen LogP contribution is 2.22. The summed E-state index contributed by atoms with van der Waals surface area (Å²) >= 11 is 0.948. The van der Waals surface area contributed by atoms with Gasteiger partial charge in [-0.15, -0.1) is 4.33 Å². The number of ether oxygens (including phenoxy) is 1. The van der Waals surface area contributed by atoms with Crippen LogP contribution < -0.4 is 5.32 Å². The third-order valence-electron chi connectivity index (χ3n) is 6.32. The number of carbonyl (C=O) groups excluding carboxylic acids is 1. The molecular weight excluding hydrogens is 504 g/mol. The summed E-state index contributed by atoms with van der Waals surface area (Å²) in [6.07, 6.45) is 1.47. The molecule has 0 spiro atoms. The maximum absolute atomic E-state index is 12.3. The van der Waals surface area contributed by atoms with E-state index in [-0.39, 0.29) is 17.6 Å². The molecule has 2 N–H and O–H groups in total. The summed E-state index contributed by atoms with van der Waals surface area (Å²) in [6.45, 7) is 19.0. The quantitative estimate of drug-likeness (QED) is 0.139. The van der Waals surface area contributed by atoms with E-state index in [0.717, 1.165) is 68.3 Å². The molecule has 2 aromatic carbocycles. The predicted octanol–water partition coefficient (Wildman–Crippen LogP) is 5.15. The van der Waals surface area contributed by atoms with Gasteiger partial charge in [0.05, 0.1) is 37.4 Å². The van der Waals surface area contributed by atoms with Crippen LogP contribution in [-0.4, -0.2) is 78.9 Å². The third-order valence-corrected chi connectivity index (χ3v) is 6.91. The molecule has 38 heavy (non-hydrogen) atoms. The molecule has 2 saturated heterocycles. The van der Waals surface area contributed by atoms with Crippen molar-refractivity contribution in [2.45, 2.75) is 44.3 Å². The lowest BCUT2D eigenvalue weighted by Crippen LogP contribution is -2.60. The molecule has 2 aromatic rings. The van der Waals surface area contributed by atoms with Crippen LogP contribution in [0, 0.1) is 12.0 Å². The van der Waals surface area contributed by atoms with Gasteiger partial charge in [-0.2, -0.15) is 0 Å². The SMILES string of the molecule is OOOSc1ccccc1.[C-]#[N+]c1ccc(NCCCN2CC3CN(CC(=O)C(C)(C)C)CC(C2)O3)cc1. The molecule has 2 heterocycles. The molecule has 0 aliphatic carbocycles. The minimum absolute atomic E-state index is 0.203. The number of morpholine rings is 2. The Labute approximate surface area is 229 Å². The molecule has 0 amide bonds. The molecule has 2 aliphatic rings. The molecule has 2 unspecified atom stereocenters. The van der Waals surface area contributed by atoms with Crippen molar-refractivity contribution in [2.75, 3.05) is 51.1 Å². The zero-order valence-corrected chi connectivity index (χ0v) is 23.2. The maximum atomic E-state index is 12.3. The van der Waals surface area contributed by atoms with Crippen LogP contribution in [-0.2, 0) is 18.9 Å². The van der Waals surface area contributed by atoms with Gasteiger partial charge in [-0.3, -0.25) is 14.6 Å². The lowest BCUT2D eigenvalue weighted by Gasteiger charge is -2.46. The van der Waals surface area contributed by atoms with Crippen LogP contribution in [0.2, 0.25) is 0 Å². The van der Waals surface area contributed by atoms with Crippen molar-refractivity contribution >= 4 is 29.2 Å². The van der Waals surface area contributed by atoms with E-state index in [0.29, 0.717) is 18.0 Å². The normalized spacial score (nSPS) is 19.7. The standard InChI is InChI=1S/C22H32N4O2.C6H6O3S/c1-22(2,3)21(27)16-26-14-19-12-25(13-20(15-26)28-19)11-5-10-24-18-8-6-17(23-4)7-9-18;7-8-9-10-6-4-2-1-3-5-6/h6-9,19-20,24H,5,10-16H2,1-3H3;1-5,7H. The van der Waals surface area contributed by atoms with Gasteiger partial charge in [0.1, 0.15) is 0 Å². The van der Waals surface area contributed by atoms with Gasteiger partial charge in [-0.05, 0) is 30.7 Å². The zero-order valence-electron chi connectivity index (χ0n) is 22.3. The van der Waals surface area contributed by atoms with E-state index in [1.54, 1.807) is 0 Å². The summed E-state index contributed by atoms with van der Waals surface area (Å²) in [6, 6.07) is 16.9. The Balaban J connectivity index is 0.000000336. The number of hydrogen-bond donors (Lipinski definition) is 2. The average molecular weight is 543 g/mol. The number of fused-ring (bicyclic) bond motifs is 2. The van der Waals surface area contributed by atoms with Crippen molar-refractivity contribution in [3.05, 3.63) is 66.0 Å². The van der Waals surface area contributed by atoms with Crippen LogP contribution in [0.1, 0.15) is 27.2 Å². The fourth-order valence-electron chi connectivity index (χ4n) is 4.33. The molecule has 10 heteroatoms. The number of rotatable bonds is 10. The van der Waals surface area contributed by atoms with Crippen molar-refractivity contribution in [1.82, 2.24) is 9.80 Å². The smallest absolute Gasteiger partial charge is 0.187 e. The highest BCUT2D eigenvalue weighted by molar-refractivity contribution is 7.94. The second-order valence-corrected chi connectivity index (χ2v) is 11.3. The summed E-state index contributed by atoms with van der Waals surface area (Å²) < 4.78 is 10.3. The Morgan fingerprint density at radius 3 is 2.29 bits per heavy atom. The van der Waals surface area contributed by atoms with E-state index in [1.165, 1.54) is 0 Å². The fraction of sp³-hybridized carbons (Fsp3) is 0.500. The van der Waals surface area contributed by atoms with Crippen molar-refractivity contribution in [1.29, 1.82) is 0 Å². The van der Waals surface area contributed by atoms with E-state index in [1.807, 2.05) is 75.4 Å². The lowest BCUT2D eigenvalue weighted by atomic mass is 9.90. The van der Waals surface area contributed by atoms with Crippen LogP contribution in [0.25, 0.3) is 4.85 Å². The Morgan fingerprint density at radius 1 is 1.08 bits per heavy atom. The summed E-state index contributed by atoms with van der Waals surface area (Å²) in [7, 11) is 0. The van der Waals surface area contributed by atoms with E-state index in [9.17, 15) is 4.79 Å². The van der Waals surface area contributed by atoms with E-state index >= 15 is 0 Å². The first kappa shape index (κ1) is 30.1. The first-order chi connectivity index (χ1) is 18.3. The number of Topliss-reactive ketones (excluding diaryl/α,β-unsaturated/α-hetero) is 1. The lowest BCUT2D eigenvalue weighted by molar-refractivity contribution is -0.432. The molecule has 0 aromatic heterocycles. The van der Waals surface area contributed by atoms with Gasteiger partial charge in [-0.25, -0.2) is 10.1 Å². The van der Waals surface area contributed by atoms with E-state index in [4.69, 9.17) is 16.6 Å². The molecule has 2 atom stereocenters. The summed E-state index contributed by atoms with van der Waals surface area (Å²) in [5.41, 5.74) is 1.46. The number of hydrogen-bond acceptors (Lipinski definition) is 9. The molecule has 2 fully saturated rings. The summed E-state index contributed by atoms with van der Waals surface area (Å²) in [5.74, 6) is 0.305. The first-order valence-electron chi connectivity index (χ1n) is 12.8. The van der Waals surface area contributed by atoms with Crippen LogP contribution in [0.3, 0.4) is 0 Å². The second kappa shape index (κ2) is 15.2. The Kier molecular flexibility index (Phi) is 12.0. The summed E-state index contributed by atoms with van der Waals surface area (Å²) in [4.78, 5) is 21.4. The minimum Gasteiger partial charge on any atom is -0.385 e. The number of carbonyl (C=O) groups is 1. The Morgan fingerprint density at radius 2 is 1.71 bits per heavy atom. The number of benzene rings is 2. The minimum atomic E-state index is -0.275. The maximum Gasteiger partial charge on any atom is 0.187 e. The van der Waals surface area contributed by atoms with Crippen LogP contribution in [0.5, 0.6) is 0 Å². The highest BCUT2D eigenvalue weighted by Gasteiger charge is 2.36. The number of ketones is 1. The molecule has 206 valence electrons. The van der Waals surface area contributed by atoms with Crippen molar-refractivity contribution in [3.8, 4) is 0 Å². The van der Waals surface area contributed by atoms with Crippen molar-refractivity contribution in [3.63, 3.8) is 0 Å². The Bertz CT molecular complexity index is 1010. The predicted molar refractivity (Wildman–Crippen MR) is 149 cm³/mol. The largest absolute Gasteiger partial charge is 0.385 e. The molecule has 0 saturated carbocycles. The van der Waals surface area contributed by atoms with Crippen molar-refractivity contribution in [2.24, 2.45) is 5.41 Å². The number of anilines is 1. The molecule has 0 radical (unpaired) electrons. The molecule has 2 aliphatic heterocycles. The first-order valence-corrected chi connectivity index (χ1v) is 13.6. The van der Waals surface area contributed by atoms with Gasteiger partial charge >= 0.3 is 0 Å². The van der Waals surface area contributed by atoms with Gasteiger partial charge in [0.25, 0.3) is 0 Å². The van der Waals surface area contributed by atoms with Gasteiger partial charge < -0.3 is 10.1 Å². The average Bonchev–Trinajstić information content (AvgIpc) is 2.90. The molecule has 4 rings (SSSR count). The molecule has 9 nitrogen and oxygen atoms in total. The van der Waals surface area contributed by atoms with Gasteiger partial charge in [0, 0.05) is 55.3 Å². The van der Waals surface area contributed by atoms with Crippen LogP contribution in [0.4, 0.5) is 11.4 Å². The highest BCUT2D eigenvalue weighted by atomic mass is 32.2.